The second-order valence-corrected chi connectivity index (χ2v) is 11.8. The quantitative estimate of drug-likeness (QED) is 0.297. The molecule has 0 aliphatic carbocycles. The van der Waals surface area contributed by atoms with E-state index in [1.165, 1.54) is 6.07 Å². The lowest BCUT2D eigenvalue weighted by molar-refractivity contribution is 0.0756. The summed E-state index contributed by atoms with van der Waals surface area (Å²) in [5.74, 6) is 0.483. The van der Waals surface area contributed by atoms with Crippen LogP contribution in [0.15, 0.2) is 54.9 Å². The number of sulfonamides is 1. The Hall–Kier alpha value is -4.40. The van der Waals surface area contributed by atoms with Crippen LogP contribution in [0.5, 0.6) is 5.75 Å². The molecule has 206 valence electrons. The van der Waals surface area contributed by atoms with E-state index in [0.29, 0.717) is 66.1 Å². The summed E-state index contributed by atoms with van der Waals surface area (Å²) in [6, 6.07) is 14.8. The lowest BCUT2D eigenvalue weighted by Gasteiger charge is -2.21. The Morgan fingerprint density at radius 1 is 1.12 bits per heavy atom. The van der Waals surface area contributed by atoms with Gasteiger partial charge in [0.25, 0.3) is 5.91 Å². The van der Waals surface area contributed by atoms with E-state index in [0.717, 1.165) is 28.3 Å². The molecule has 5 rings (SSSR count). The molecule has 40 heavy (non-hydrogen) atoms. The zero-order valence-electron chi connectivity index (χ0n) is 22.5. The highest BCUT2D eigenvalue weighted by Gasteiger charge is 2.24. The summed E-state index contributed by atoms with van der Waals surface area (Å²) in [7, 11) is -3.52. The van der Waals surface area contributed by atoms with Crippen molar-refractivity contribution < 1.29 is 17.9 Å². The third kappa shape index (κ3) is 5.93. The van der Waals surface area contributed by atoms with E-state index in [9.17, 15) is 18.5 Å². The molecular formula is C29H30N6O4S. The van der Waals surface area contributed by atoms with Crippen molar-refractivity contribution in [1.82, 2.24) is 20.2 Å². The van der Waals surface area contributed by atoms with Gasteiger partial charge >= 0.3 is 0 Å². The number of benzene rings is 2. The van der Waals surface area contributed by atoms with Crippen molar-refractivity contribution in [2.75, 3.05) is 37.2 Å². The number of nitriles is 1. The average Bonchev–Trinajstić information content (AvgIpc) is 3.27. The second kappa shape index (κ2) is 11.0. The molecule has 0 radical (unpaired) electrons. The Balaban J connectivity index is 1.48. The maximum Gasteiger partial charge on any atom is 0.257 e. The van der Waals surface area contributed by atoms with Crippen molar-refractivity contribution in [1.29, 1.82) is 5.26 Å². The average molecular weight is 559 g/mol. The molecular weight excluding hydrogens is 528 g/mol. The normalized spacial score (nSPS) is 13.6. The molecule has 3 N–H and O–H groups in total. The minimum Gasteiger partial charge on any atom is -0.491 e. The topological polar surface area (TPSA) is 140 Å². The predicted molar refractivity (Wildman–Crippen MR) is 155 cm³/mol. The first-order chi connectivity index (χ1) is 19.1. The van der Waals surface area contributed by atoms with Gasteiger partial charge in [0.1, 0.15) is 18.0 Å². The van der Waals surface area contributed by atoms with E-state index in [-0.39, 0.29) is 5.91 Å². The van der Waals surface area contributed by atoms with Gasteiger partial charge < -0.3 is 19.9 Å². The first-order valence-corrected chi connectivity index (χ1v) is 14.8. The van der Waals surface area contributed by atoms with E-state index in [1.807, 2.05) is 23.1 Å². The second-order valence-electron chi connectivity index (χ2n) is 10.1. The lowest BCUT2D eigenvalue weighted by Crippen LogP contribution is -2.39. The summed E-state index contributed by atoms with van der Waals surface area (Å²) in [6.45, 7) is 6.38. The van der Waals surface area contributed by atoms with Crippen molar-refractivity contribution in [3.05, 3.63) is 66.0 Å². The summed E-state index contributed by atoms with van der Waals surface area (Å²) >= 11 is 0. The van der Waals surface area contributed by atoms with Crippen molar-refractivity contribution >= 4 is 32.7 Å². The Morgan fingerprint density at radius 2 is 1.95 bits per heavy atom. The molecule has 2 aromatic heterocycles. The number of ether oxygens (including phenoxy) is 1. The zero-order chi connectivity index (χ0) is 28.4. The number of hydrogen-bond acceptors (Lipinski definition) is 7. The van der Waals surface area contributed by atoms with E-state index >= 15 is 0 Å². The highest BCUT2D eigenvalue weighted by molar-refractivity contribution is 7.92. The molecule has 0 saturated heterocycles. The van der Waals surface area contributed by atoms with Crippen LogP contribution in [0.1, 0.15) is 29.8 Å². The van der Waals surface area contributed by atoms with Crippen molar-refractivity contribution in [2.24, 2.45) is 0 Å². The molecule has 1 amide bonds. The number of H-pyrrole nitrogens is 1. The molecule has 1 aliphatic rings. The van der Waals surface area contributed by atoms with Crippen LogP contribution in [0, 0.1) is 11.3 Å². The maximum atomic E-state index is 13.2. The number of fused-ring (bicyclic) bond motifs is 2. The lowest BCUT2D eigenvalue weighted by atomic mass is 9.99. The first kappa shape index (κ1) is 27.2. The number of hydrogen-bond donors (Lipinski definition) is 3. The first-order valence-electron chi connectivity index (χ1n) is 12.9. The Kier molecular flexibility index (Phi) is 7.47. The largest absolute Gasteiger partial charge is 0.491 e. The van der Waals surface area contributed by atoms with Gasteiger partial charge in [-0.25, -0.2) is 13.4 Å². The fourth-order valence-electron chi connectivity index (χ4n) is 4.76. The molecule has 4 aromatic rings. The van der Waals surface area contributed by atoms with Crippen molar-refractivity contribution in [3.8, 4) is 34.1 Å². The van der Waals surface area contributed by atoms with Crippen LogP contribution in [0.25, 0.3) is 33.3 Å². The smallest absolute Gasteiger partial charge is 0.257 e. The Labute approximate surface area is 233 Å². The van der Waals surface area contributed by atoms with Crippen LogP contribution in [0.3, 0.4) is 0 Å². The third-order valence-corrected chi connectivity index (χ3v) is 7.20. The minimum atomic E-state index is -3.52. The summed E-state index contributed by atoms with van der Waals surface area (Å²) in [5, 5.41) is 13.7. The fourth-order valence-corrected chi connectivity index (χ4v) is 5.30. The van der Waals surface area contributed by atoms with Gasteiger partial charge in [-0.2, -0.15) is 5.26 Å². The van der Waals surface area contributed by atoms with Gasteiger partial charge in [0, 0.05) is 48.0 Å². The summed E-state index contributed by atoms with van der Waals surface area (Å²) in [6.07, 6.45) is 4.59. The van der Waals surface area contributed by atoms with Crippen LogP contribution in [0.4, 0.5) is 5.69 Å². The molecule has 10 nitrogen and oxygen atoms in total. The maximum absolute atomic E-state index is 13.2. The Bertz CT molecular complexity index is 1740. The molecule has 0 saturated carbocycles. The SMILES string of the molecule is CC(C)NCCN1CCOc2cc(-c3cnc4[nH]cc(-c5cc(C#N)cc(NS(C)(=O)=O)c5)c4c3)ccc2C1=O. The number of aromatic nitrogens is 2. The summed E-state index contributed by atoms with van der Waals surface area (Å²) in [5.41, 5.74) is 4.89. The van der Waals surface area contributed by atoms with Crippen molar-refractivity contribution in [2.45, 2.75) is 19.9 Å². The number of carbonyl (C=O) groups excluding carboxylic acids is 1. The molecule has 1 aliphatic heterocycles. The highest BCUT2D eigenvalue weighted by Crippen LogP contribution is 2.35. The molecule has 0 spiro atoms. The number of aromatic amines is 1. The molecule has 0 fully saturated rings. The molecule has 0 atom stereocenters. The standard InChI is InChI=1S/C29H30N6O4S/c1-18(2)31-6-7-35-8-9-39-27-14-20(4-5-24(27)29(35)36)22-13-25-26(17-33-28(25)32-16-22)21-10-19(15-30)11-23(12-21)34-40(3,37)38/h4-5,10-14,16-18,31,34H,6-9H2,1-3H3,(H,32,33). The van der Waals surface area contributed by atoms with Gasteiger partial charge in [0.05, 0.1) is 35.7 Å². The zero-order valence-corrected chi connectivity index (χ0v) is 23.3. The summed E-state index contributed by atoms with van der Waals surface area (Å²) < 4.78 is 32.0. The van der Waals surface area contributed by atoms with E-state index in [2.05, 4.69) is 39.9 Å². The number of anilines is 1. The van der Waals surface area contributed by atoms with Crippen LogP contribution in [0.2, 0.25) is 0 Å². The number of nitrogens with zero attached hydrogens (tertiary/aromatic N) is 3. The highest BCUT2D eigenvalue weighted by atomic mass is 32.2. The van der Waals surface area contributed by atoms with Crippen LogP contribution < -0.4 is 14.8 Å². The molecule has 11 heteroatoms. The fraction of sp³-hybridized carbons (Fsp3) is 0.276. The molecule has 3 heterocycles. The van der Waals surface area contributed by atoms with Crippen LogP contribution in [-0.4, -0.2) is 67.7 Å². The predicted octanol–water partition coefficient (Wildman–Crippen LogP) is 3.97. The van der Waals surface area contributed by atoms with Crippen molar-refractivity contribution in [3.63, 3.8) is 0 Å². The van der Waals surface area contributed by atoms with Gasteiger partial charge in [0.2, 0.25) is 10.0 Å². The number of pyridine rings is 1. The van der Waals surface area contributed by atoms with Gasteiger partial charge in [-0.1, -0.05) is 19.9 Å². The number of amides is 1. The monoisotopic (exact) mass is 558 g/mol. The van der Waals surface area contributed by atoms with Gasteiger partial charge in [-0.3, -0.25) is 9.52 Å². The van der Waals surface area contributed by atoms with Gasteiger partial charge in [-0.15, -0.1) is 0 Å². The van der Waals surface area contributed by atoms with E-state index < -0.39 is 10.0 Å². The summed E-state index contributed by atoms with van der Waals surface area (Å²) in [4.78, 5) is 22.7. The Morgan fingerprint density at radius 3 is 2.70 bits per heavy atom. The van der Waals surface area contributed by atoms with Gasteiger partial charge in [-0.05, 0) is 47.5 Å². The van der Waals surface area contributed by atoms with Gasteiger partial charge in [0.15, 0.2) is 0 Å². The van der Waals surface area contributed by atoms with E-state index in [1.54, 1.807) is 30.6 Å². The third-order valence-electron chi connectivity index (χ3n) is 6.59. The molecule has 2 aromatic carbocycles. The molecule has 0 bridgehead atoms. The number of nitrogens with one attached hydrogen (secondary N) is 3. The van der Waals surface area contributed by atoms with Crippen LogP contribution >= 0.6 is 0 Å². The van der Waals surface area contributed by atoms with Crippen LogP contribution in [-0.2, 0) is 10.0 Å². The molecule has 0 unspecified atom stereocenters. The minimum absolute atomic E-state index is 0.0537. The number of carbonyl (C=O) groups is 1. The number of rotatable bonds is 8. The van der Waals surface area contributed by atoms with E-state index in [4.69, 9.17) is 4.74 Å².